The summed E-state index contributed by atoms with van der Waals surface area (Å²) in [6.45, 7) is 6.47. The molecule has 1 fully saturated rings. The fraction of sp³-hybridized carbons (Fsp3) is 0.375. The first-order chi connectivity index (χ1) is 14.3. The Morgan fingerprint density at radius 3 is 2.20 bits per heavy atom. The van der Waals surface area contributed by atoms with Gasteiger partial charge in [0.05, 0.1) is 5.92 Å². The number of nitrogens with one attached hydrogen (secondary N) is 1. The van der Waals surface area contributed by atoms with Crippen LogP contribution >= 0.6 is 0 Å². The molecular weight excluding hydrogens is 380 g/mol. The topological polar surface area (TPSA) is 75.7 Å². The molecule has 0 atom stereocenters. The van der Waals surface area contributed by atoms with Crippen LogP contribution in [0.1, 0.15) is 39.9 Å². The molecule has 1 saturated heterocycles. The second kappa shape index (κ2) is 9.57. The Morgan fingerprint density at radius 2 is 1.60 bits per heavy atom. The van der Waals surface area contributed by atoms with Gasteiger partial charge in [0.25, 0.3) is 0 Å². The first-order valence-electron chi connectivity index (χ1n) is 10.2. The third-order valence-corrected chi connectivity index (χ3v) is 5.44. The average Bonchev–Trinajstić information content (AvgIpc) is 2.72. The molecule has 6 heteroatoms. The van der Waals surface area contributed by atoms with Crippen LogP contribution in [-0.4, -0.2) is 42.4 Å². The van der Waals surface area contributed by atoms with Crippen molar-refractivity contribution in [3.05, 3.63) is 64.7 Å². The summed E-state index contributed by atoms with van der Waals surface area (Å²) in [7, 11) is 0. The van der Waals surface area contributed by atoms with Gasteiger partial charge in [-0.2, -0.15) is 0 Å². The van der Waals surface area contributed by atoms with Gasteiger partial charge in [-0.25, -0.2) is 4.79 Å². The minimum atomic E-state index is -0.367. The zero-order valence-electron chi connectivity index (χ0n) is 17.7. The molecule has 3 rings (SSSR count). The number of para-hydroxylation sites is 1. The molecule has 2 amide bonds. The molecule has 0 bridgehead atoms. The van der Waals surface area contributed by atoms with E-state index in [1.807, 2.05) is 63.2 Å². The number of amides is 2. The number of urea groups is 1. The highest BCUT2D eigenvalue weighted by Crippen LogP contribution is 2.21. The fourth-order valence-electron chi connectivity index (χ4n) is 3.99. The van der Waals surface area contributed by atoms with Crippen LogP contribution in [0.25, 0.3) is 0 Å². The molecule has 30 heavy (non-hydrogen) atoms. The molecule has 0 radical (unpaired) electrons. The van der Waals surface area contributed by atoms with Gasteiger partial charge in [-0.3, -0.25) is 9.59 Å². The lowest BCUT2D eigenvalue weighted by molar-refractivity contribution is -0.148. The summed E-state index contributed by atoms with van der Waals surface area (Å²) in [6.07, 6.45) is 1.05. The minimum Gasteiger partial charge on any atom is -0.457 e. The molecular formula is C24H28N2O4. The summed E-state index contributed by atoms with van der Waals surface area (Å²) in [5, 5.41) is 2.85. The number of carbonyl (C=O) groups excluding carboxylic acids is 3. The number of carbonyl (C=O) groups is 3. The molecule has 158 valence electrons. The number of ether oxygens (including phenoxy) is 1. The van der Waals surface area contributed by atoms with Crippen molar-refractivity contribution in [1.82, 2.24) is 4.90 Å². The van der Waals surface area contributed by atoms with Crippen LogP contribution in [0.3, 0.4) is 0 Å². The van der Waals surface area contributed by atoms with Crippen LogP contribution < -0.4 is 5.32 Å². The fourth-order valence-corrected chi connectivity index (χ4v) is 3.99. The predicted octanol–water partition coefficient (Wildman–Crippen LogP) is 4.28. The predicted molar refractivity (Wildman–Crippen MR) is 116 cm³/mol. The number of likely N-dealkylation sites (tertiary alicyclic amines) is 1. The SMILES string of the molecule is Cc1cc(C)c(C(=O)COC(=O)C2CCN(C(=O)Nc3ccccc3)CC2)c(C)c1. The average molecular weight is 408 g/mol. The summed E-state index contributed by atoms with van der Waals surface area (Å²) in [6, 6.07) is 13.0. The van der Waals surface area contributed by atoms with Crippen LogP contribution in [-0.2, 0) is 9.53 Å². The van der Waals surface area contributed by atoms with E-state index in [0.29, 0.717) is 31.5 Å². The zero-order valence-corrected chi connectivity index (χ0v) is 17.7. The Hall–Kier alpha value is -3.15. The third kappa shape index (κ3) is 5.26. The number of esters is 1. The van der Waals surface area contributed by atoms with E-state index in [4.69, 9.17) is 4.74 Å². The number of piperidine rings is 1. The first kappa shape index (κ1) is 21.6. The Labute approximate surface area is 177 Å². The summed E-state index contributed by atoms with van der Waals surface area (Å²) in [4.78, 5) is 39.0. The van der Waals surface area contributed by atoms with Crippen LogP contribution in [0.15, 0.2) is 42.5 Å². The number of ketones is 1. The van der Waals surface area contributed by atoms with E-state index in [1.165, 1.54) is 0 Å². The number of Topliss-reactive ketones (excluding diaryl/α,β-unsaturated/α-hetero) is 1. The van der Waals surface area contributed by atoms with Crippen molar-refractivity contribution in [3.63, 3.8) is 0 Å². The van der Waals surface area contributed by atoms with Gasteiger partial charge in [0.15, 0.2) is 6.61 Å². The molecule has 1 aliphatic heterocycles. The standard InChI is InChI=1S/C24H28N2O4/c1-16-13-17(2)22(18(3)14-16)21(27)15-30-23(28)19-9-11-26(12-10-19)24(29)25-20-7-5-4-6-8-20/h4-8,13-14,19H,9-12,15H2,1-3H3,(H,25,29). The number of nitrogens with zero attached hydrogens (tertiary/aromatic N) is 1. The molecule has 1 aliphatic rings. The highest BCUT2D eigenvalue weighted by molar-refractivity contribution is 6.00. The molecule has 0 saturated carbocycles. The van der Waals surface area contributed by atoms with Crippen LogP contribution in [0.4, 0.5) is 10.5 Å². The normalized spacial score (nSPS) is 14.3. The highest BCUT2D eigenvalue weighted by atomic mass is 16.5. The first-order valence-corrected chi connectivity index (χ1v) is 10.2. The Morgan fingerprint density at radius 1 is 1.00 bits per heavy atom. The zero-order chi connectivity index (χ0) is 21.7. The van der Waals surface area contributed by atoms with E-state index in [1.54, 1.807) is 4.90 Å². The molecule has 1 heterocycles. The summed E-state index contributed by atoms with van der Waals surface area (Å²) in [5.74, 6) is -0.842. The Balaban J connectivity index is 1.47. The molecule has 2 aromatic carbocycles. The lowest BCUT2D eigenvalue weighted by atomic mass is 9.96. The van der Waals surface area contributed by atoms with Crippen molar-refractivity contribution in [2.24, 2.45) is 5.92 Å². The maximum Gasteiger partial charge on any atom is 0.321 e. The van der Waals surface area contributed by atoms with Crippen LogP contribution in [0.2, 0.25) is 0 Å². The van der Waals surface area contributed by atoms with E-state index in [0.717, 1.165) is 22.4 Å². The van der Waals surface area contributed by atoms with E-state index in [9.17, 15) is 14.4 Å². The van der Waals surface area contributed by atoms with Crippen molar-refractivity contribution in [2.75, 3.05) is 25.0 Å². The third-order valence-electron chi connectivity index (χ3n) is 5.44. The Kier molecular flexibility index (Phi) is 6.87. The molecule has 1 N–H and O–H groups in total. The minimum absolute atomic E-state index is 0.173. The quantitative estimate of drug-likeness (QED) is 0.592. The lowest BCUT2D eigenvalue weighted by Crippen LogP contribution is -2.42. The van der Waals surface area contributed by atoms with Crippen molar-refractivity contribution in [2.45, 2.75) is 33.6 Å². The monoisotopic (exact) mass is 408 g/mol. The van der Waals surface area contributed by atoms with E-state index in [-0.39, 0.29) is 30.3 Å². The van der Waals surface area contributed by atoms with Crippen LogP contribution in [0.5, 0.6) is 0 Å². The summed E-state index contributed by atoms with van der Waals surface area (Å²) >= 11 is 0. The van der Waals surface area contributed by atoms with Gasteiger partial charge in [-0.1, -0.05) is 35.9 Å². The number of hydrogen-bond donors (Lipinski definition) is 1. The summed E-state index contributed by atoms with van der Waals surface area (Å²) in [5.41, 5.74) is 4.25. The number of hydrogen-bond acceptors (Lipinski definition) is 4. The van der Waals surface area contributed by atoms with Gasteiger partial charge in [0, 0.05) is 24.3 Å². The van der Waals surface area contributed by atoms with E-state index < -0.39 is 0 Å². The van der Waals surface area contributed by atoms with Crippen molar-refractivity contribution >= 4 is 23.5 Å². The highest BCUT2D eigenvalue weighted by Gasteiger charge is 2.29. The molecule has 0 unspecified atom stereocenters. The molecule has 0 spiro atoms. The molecule has 0 aliphatic carbocycles. The number of rotatable bonds is 5. The molecule has 0 aromatic heterocycles. The smallest absolute Gasteiger partial charge is 0.321 e. The maximum absolute atomic E-state index is 12.6. The van der Waals surface area contributed by atoms with Gasteiger partial charge in [0.2, 0.25) is 5.78 Å². The van der Waals surface area contributed by atoms with Crippen molar-refractivity contribution in [1.29, 1.82) is 0 Å². The van der Waals surface area contributed by atoms with E-state index in [2.05, 4.69) is 5.32 Å². The lowest BCUT2D eigenvalue weighted by Gasteiger charge is -2.30. The number of benzene rings is 2. The molecule has 2 aromatic rings. The van der Waals surface area contributed by atoms with Gasteiger partial charge in [-0.05, 0) is 56.9 Å². The second-order valence-electron chi connectivity index (χ2n) is 7.86. The van der Waals surface area contributed by atoms with Gasteiger partial charge >= 0.3 is 12.0 Å². The van der Waals surface area contributed by atoms with Crippen molar-refractivity contribution in [3.8, 4) is 0 Å². The largest absolute Gasteiger partial charge is 0.457 e. The second-order valence-corrected chi connectivity index (χ2v) is 7.86. The maximum atomic E-state index is 12.6. The van der Waals surface area contributed by atoms with Crippen molar-refractivity contribution < 1.29 is 19.1 Å². The van der Waals surface area contributed by atoms with Gasteiger partial charge in [0.1, 0.15) is 0 Å². The Bertz CT molecular complexity index is 908. The summed E-state index contributed by atoms with van der Waals surface area (Å²) < 4.78 is 5.32. The van der Waals surface area contributed by atoms with Gasteiger partial charge in [-0.15, -0.1) is 0 Å². The van der Waals surface area contributed by atoms with Gasteiger partial charge < -0.3 is 15.0 Å². The molecule has 6 nitrogen and oxygen atoms in total. The van der Waals surface area contributed by atoms with Crippen LogP contribution in [0, 0.1) is 26.7 Å². The number of anilines is 1. The van der Waals surface area contributed by atoms with E-state index >= 15 is 0 Å². The number of aryl methyl sites for hydroxylation is 3.